The van der Waals surface area contributed by atoms with Gasteiger partial charge in [0.05, 0.1) is 0 Å². The van der Waals surface area contributed by atoms with E-state index in [9.17, 15) is 0 Å². The molecule has 0 spiro atoms. The van der Waals surface area contributed by atoms with Gasteiger partial charge in [0.25, 0.3) is 0 Å². The summed E-state index contributed by atoms with van der Waals surface area (Å²) in [5.74, 6) is 1.77. The molecule has 0 amide bonds. The zero-order chi connectivity index (χ0) is 12.4. The summed E-state index contributed by atoms with van der Waals surface area (Å²) in [5.41, 5.74) is 0. The van der Waals surface area contributed by atoms with Gasteiger partial charge in [0, 0.05) is 24.7 Å². The molecule has 2 nitrogen and oxygen atoms in total. The molecule has 100 valence electrons. The van der Waals surface area contributed by atoms with E-state index >= 15 is 0 Å². The summed E-state index contributed by atoms with van der Waals surface area (Å²) >= 11 is 0. The van der Waals surface area contributed by atoms with E-state index < -0.39 is 0 Å². The summed E-state index contributed by atoms with van der Waals surface area (Å²) in [6, 6.07) is 2.28. The van der Waals surface area contributed by atoms with Crippen LogP contribution in [-0.2, 0) is 0 Å². The molecule has 4 atom stereocenters. The van der Waals surface area contributed by atoms with Gasteiger partial charge in [-0.05, 0) is 51.5 Å². The molecule has 4 unspecified atom stereocenters. The zero-order valence-electron chi connectivity index (χ0n) is 12.1. The van der Waals surface area contributed by atoms with Gasteiger partial charge in [-0.1, -0.05) is 20.3 Å². The summed E-state index contributed by atoms with van der Waals surface area (Å²) in [5, 5.41) is 3.65. The van der Waals surface area contributed by atoms with Crippen molar-refractivity contribution in [1.82, 2.24) is 10.2 Å². The smallest absolute Gasteiger partial charge is 0.0120 e. The van der Waals surface area contributed by atoms with Crippen molar-refractivity contribution >= 4 is 0 Å². The number of hydrogen-bond donors (Lipinski definition) is 1. The first kappa shape index (κ1) is 13.4. The topological polar surface area (TPSA) is 15.3 Å². The lowest BCUT2D eigenvalue weighted by Gasteiger charge is -2.49. The standard InChI is InChI=1S/C15H30N2/c1-5-16-15-9-10-17(12(3)11(15)2)13(4)14-7-6-8-14/h11-16H,5-10H2,1-4H3. The average molecular weight is 238 g/mol. The van der Waals surface area contributed by atoms with E-state index in [1.807, 2.05) is 0 Å². The van der Waals surface area contributed by atoms with Crippen molar-refractivity contribution in [2.45, 2.75) is 71.5 Å². The maximum Gasteiger partial charge on any atom is 0.0120 e. The third-order valence-electron chi connectivity index (χ3n) is 5.44. The van der Waals surface area contributed by atoms with Gasteiger partial charge in [-0.15, -0.1) is 0 Å². The maximum absolute atomic E-state index is 3.65. The number of nitrogens with one attached hydrogen (secondary N) is 1. The van der Waals surface area contributed by atoms with E-state index in [4.69, 9.17) is 0 Å². The molecule has 1 saturated carbocycles. The SMILES string of the molecule is CCNC1CCN(C(C)C2CCC2)C(C)C1C. The number of hydrogen-bond acceptors (Lipinski definition) is 2. The van der Waals surface area contributed by atoms with E-state index in [0.717, 1.165) is 36.5 Å². The number of nitrogens with zero attached hydrogens (tertiary/aromatic N) is 1. The molecule has 1 heterocycles. The number of piperidine rings is 1. The van der Waals surface area contributed by atoms with Crippen molar-refractivity contribution in [3.05, 3.63) is 0 Å². The highest BCUT2D eigenvalue weighted by atomic mass is 15.2. The van der Waals surface area contributed by atoms with E-state index in [0.29, 0.717) is 0 Å². The molecule has 2 heteroatoms. The Morgan fingerprint density at radius 2 is 1.94 bits per heavy atom. The molecule has 0 radical (unpaired) electrons. The van der Waals surface area contributed by atoms with Crippen LogP contribution in [0.3, 0.4) is 0 Å². The molecule has 1 aliphatic heterocycles. The van der Waals surface area contributed by atoms with Crippen molar-refractivity contribution in [3.8, 4) is 0 Å². The van der Waals surface area contributed by atoms with E-state index in [-0.39, 0.29) is 0 Å². The Hall–Kier alpha value is -0.0800. The van der Waals surface area contributed by atoms with Crippen LogP contribution in [0.15, 0.2) is 0 Å². The molecule has 2 aliphatic rings. The first-order chi connectivity index (χ1) is 8.15. The third kappa shape index (κ3) is 2.68. The summed E-state index contributed by atoms with van der Waals surface area (Å²) in [6.07, 6.45) is 5.73. The number of likely N-dealkylation sites (tertiary alicyclic amines) is 1. The monoisotopic (exact) mass is 238 g/mol. The Labute approximate surface area is 107 Å². The summed E-state index contributed by atoms with van der Waals surface area (Å²) in [4.78, 5) is 2.78. The van der Waals surface area contributed by atoms with Crippen molar-refractivity contribution in [2.24, 2.45) is 11.8 Å². The quantitative estimate of drug-likeness (QED) is 0.810. The molecule has 1 N–H and O–H groups in total. The van der Waals surface area contributed by atoms with Crippen molar-refractivity contribution in [1.29, 1.82) is 0 Å². The lowest BCUT2D eigenvalue weighted by atomic mass is 9.77. The fraction of sp³-hybridized carbons (Fsp3) is 1.00. The van der Waals surface area contributed by atoms with Gasteiger partial charge in [0.1, 0.15) is 0 Å². The summed E-state index contributed by atoms with van der Waals surface area (Å²) < 4.78 is 0. The molecule has 0 aromatic carbocycles. The molecular weight excluding hydrogens is 208 g/mol. The molecule has 1 aliphatic carbocycles. The van der Waals surface area contributed by atoms with Gasteiger partial charge in [0.15, 0.2) is 0 Å². The van der Waals surface area contributed by atoms with Crippen LogP contribution in [0.4, 0.5) is 0 Å². The van der Waals surface area contributed by atoms with Gasteiger partial charge < -0.3 is 5.32 Å². The molecule has 2 rings (SSSR count). The molecule has 0 aromatic heterocycles. The normalized spacial score (nSPS) is 37.8. The number of rotatable bonds is 4. The molecule has 1 saturated heterocycles. The van der Waals surface area contributed by atoms with E-state index in [2.05, 4.69) is 37.9 Å². The highest BCUT2D eigenvalue weighted by Crippen LogP contribution is 2.35. The van der Waals surface area contributed by atoms with Crippen LogP contribution < -0.4 is 5.32 Å². The van der Waals surface area contributed by atoms with Crippen LogP contribution in [0.5, 0.6) is 0 Å². The minimum absolute atomic E-state index is 0.736. The first-order valence-corrected chi connectivity index (χ1v) is 7.64. The molecule has 2 fully saturated rings. The second-order valence-corrected chi connectivity index (χ2v) is 6.22. The lowest BCUT2D eigenvalue weighted by Crippen LogP contribution is -2.57. The fourth-order valence-corrected chi connectivity index (χ4v) is 3.71. The van der Waals surface area contributed by atoms with Gasteiger partial charge in [0.2, 0.25) is 0 Å². The minimum Gasteiger partial charge on any atom is -0.314 e. The van der Waals surface area contributed by atoms with Gasteiger partial charge >= 0.3 is 0 Å². The minimum atomic E-state index is 0.736. The molecule has 0 aromatic rings. The Balaban J connectivity index is 1.92. The fourth-order valence-electron chi connectivity index (χ4n) is 3.71. The van der Waals surface area contributed by atoms with Crippen LogP contribution in [0, 0.1) is 11.8 Å². The highest BCUT2D eigenvalue weighted by molar-refractivity contribution is 4.93. The molecule has 17 heavy (non-hydrogen) atoms. The molecular formula is C15H30N2. The maximum atomic E-state index is 3.65. The van der Waals surface area contributed by atoms with Crippen LogP contribution in [0.1, 0.15) is 53.4 Å². The zero-order valence-corrected chi connectivity index (χ0v) is 12.1. The van der Waals surface area contributed by atoms with Gasteiger partial charge in [-0.3, -0.25) is 4.90 Å². The Morgan fingerprint density at radius 3 is 2.47 bits per heavy atom. The lowest BCUT2D eigenvalue weighted by molar-refractivity contribution is 0.0132. The summed E-state index contributed by atoms with van der Waals surface area (Å²) in [6.45, 7) is 11.9. The Morgan fingerprint density at radius 1 is 1.24 bits per heavy atom. The highest BCUT2D eigenvalue weighted by Gasteiger charge is 2.37. The Bertz CT molecular complexity index is 237. The third-order valence-corrected chi connectivity index (χ3v) is 5.44. The van der Waals surface area contributed by atoms with Crippen LogP contribution >= 0.6 is 0 Å². The predicted molar refractivity (Wildman–Crippen MR) is 74.2 cm³/mol. The van der Waals surface area contributed by atoms with Crippen molar-refractivity contribution in [3.63, 3.8) is 0 Å². The van der Waals surface area contributed by atoms with E-state index in [1.165, 1.54) is 32.2 Å². The average Bonchev–Trinajstić information content (AvgIpc) is 2.22. The van der Waals surface area contributed by atoms with E-state index in [1.54, 1.807) is 0 Å². The summed E-state index contributed by atoms with van der Waals surface area (Å²) in [7, 11) is 0. The second-order valence-electron chi connectivity index (χ2n) is 6.22. The van der Waals surface area contributed by atoms with Crippen LogP contribution in [-0.4, -0.2) is 36.1 Å². The van der Waals surface area contributed by atoms with Gasteiger partial charge in [-0.25, -0.2) is 0 Å². The first-order valence-electron chi connectivity index (χ1n) is 7.64. The molecule has 0 bridgehead atoms. The second kappa shape index (κ2) is 5.71. The van der Waals surface area contributed by atoms with Crippen molar-refractivity contribution < 1.29 is 0 Å². The van der Waals surface area contributed by atoms with Crippen molar-refractivity contribution in [2.75, 3.05) is 13.1 Å². The predicted octanol–water partition coefficient (Wildman–Crippen LogP) is 2.88. The van der Waals surface area contributed by atoms with Crippen LogP contribution in [0.2, 0.25) is 0 Å². The Kier molecular flexibility index (Phi) is 4.48. The van der Waals surface area contributed by atoms with Crippen LogP contribution in [0.25, 0.3) is 0 Å². The largest absolute Gasteiger partial charge is 0.314 e. The van der Waals surface area contributed by atoms with Gasteiger partial charge in [-0.2, -0.15) is 0 Å².